The number of anilines is 2. The van der Waals surface area contributed by atoms with Crippen LogP contribution in [-0.2, 0) is 21.8 Å². The van der Waals surface area contributed by atoms with Crippen molar-refractivity contribution in [2.45, 2.75) is 11.8 Å². The number of sulfonamides is 1. The predicted octanol–water partition coefficient (Wildman–Crippen LogP) is 1.22. The van der Waals surface area contributed by atoms with Crippen molar-refractivity contribution >= 4 is 21.7 Å². The highest BCUT2D eigenvalue weighted by Gasteiger charge is 2.13. The molecular formula is C19H24N6O4S. The van der Waals surface area contributed by atoms with Gasteiger partial charge in [0.25, 0.3) is 0 Å². The smallest absolute Gasteiger partial charge is 0.240 e. The fourth-order valence-electron chi connectivity index (χ4n) is 2.65. The lowest BCUT2D eigenvalue weighted by Crippen LogP contribution is -2.27. The van der Waals surface area contributed by atoms with Gasteiger partial charge < -0.3 is 19.7 Å². The average Bonchev–Trinajstić information content (AvgIpc) is 3.07. The van der Waals surface area contributed by atoms with Gasteiger partial charge >= 0.3 is 0 Å². The van der Waals surface area contributed by atoms with Crippen LogP contribution < -0.4 is 10.0 Å². The standard InChI is InChI=1S/C19H24N6O4S/c1-14-21-13-18(25(14)2)17-7-8-20-19(24-17)23-15-3-5-16(6-4-15)30(27,28)22-9-11-29-12-10-26/h3-8,13,22,26H,9-12H2,1-2H3,(H,20,23,24). The number of aliphatic hydroxyl groups excluding tert-OH is 1. The Bertz CT molecular complexity index is 1080. The summed E-state index contributed by atoms with van der Waals surface area (Å²) in [4.78, 5) is 13.1. The van der Waals surface area contributed by atoms with Crippen molar-refractivity contribution in [3.63, 3.8) is 0 Å². The van der Waals surface area contributed by atoms with E-state index in [1.807, 2.05) is 18.5 Å². The van der Waals surface area contributed by atoms with Crippen molar-refractivity contribution in [1.82, 2.24) is 24.2 Å². The van der Waals surface area contributed by atoms with Gasteiger partial charge in [-0.25, -0.2) is 28.1 Å². The summed E-state index contributed by atoms with van der Waals surface area (Å²) in [6, 6.07) is 8.07. The molecule has 3 aromatic rings. The van der Waals surface area contributed by atoms with Crippen LogP contribution in [0.4, 0.5) is 11.6 Å². The zero-order valence-electron chi connectivity index (χ0n) is 16.7. The summed E-state index contributed by atoms with van der Waals surface area (Å²) in [6.07, 6.45) is 3.40. The SMILES string of the molecule is Cc1ncc(-c2ccnc(Nc3ccc(S(=O)(=O)NCCOCCO)cc3)n2)n1C. The van der Waals surface area contributed by atoms with Gasteiger partial charge in [0, 0.05) is 25.5 Å². The molecule has 3 rings (SSSR count). The number of aryl methyl sites for hydroxylation is 1. The summed E-state index contributed by atoms with van der Waals surface area (Å²) in [5.41, 5.74) is 2.24. The average molecular weight is 433 g/mol. The Balaban J connectivity index is 1.66. The van der Waals surface area contributed by atoms with E-state index in [4.69, 9.17) is 9.84 Å². The van der Waals surface area contributed by atoms with E-state index >= 15 is 0 Å². The summed E-state index contributed by atoms with van der Waals surface area (Å²) < 4.78 is 34.0. The van der Waals surface area contributed by atoms with Crippen molar-refractivity contribution < 1.29 is 18.3 Å². The number of benzene rings is 1. The van der Waals surface area contributed by atoms with Gasteiger partial charge in [0.15, 0.2) is 0 Å². The van der Waals surface area contributed by atoms with E-state index in [0.717, 1.165) is 17.2 Å². The van der Waals surface area contributed by atoms with Gasteiger partial charge in [-0.05, 0) is 37.3 Å². The largest absolute Gasteiger partial charge is 0.394 e. The molecule has 1 aromatic carbocycles. The summed E-state index contributed by atoms with van der Waals surface area (Å²) in [7, 11) is -1.73. The van der Waals surface area contributed by atoms with Crippen molar-refractivity contribution in [1.29, 1.82) is 0 Å². The minimum absolute atomic E-state index is 0.102. The Labute approximate surface area is 175 Å². The van der Waals surface area contributed by atoms with E-state index < -0.39 is 10.0 Å². The number of hydrogen-bond acceptors (Lipinski definition) is 8. The molecule has 0 aliphatic heterocycles. The minimum atomic E-state index is -3.64. The Kier molecular flexibility index (Phi) is 7.11. The molecule has 0 amide bonds. The van der Waals surface area contributed by atoms with Crippen LogP contribution in [0.3, 0.4) is 0 Å². The van der Waals surface area contributed by atoms with E-state index in [1.54, 1.807) is 30.6 Å². The van der Waals surface area contributed by atoms with Crippen LogP contribution in [0.15, 0.2) is 47.6 Å². The van der Waals surface area contributed by atoms with Crippen molar-refractivity contribution in [2.24, 2.45) is 7.05 Å². The summed E-state index contributed by atoms with van der Waals surface area (Å²) in [5.74, 6) is 1.27. The molecule has 0 saturated heterocycles. The molecule has 0 bridgehead atoms. The van der Waals surface area contributed by atoms with E-state index in [2.05, 4.69) is 25.0 Å². The molecule has 0 saturated carbocycles. The highest BCUT2D eigenvalue weighted by Crippen LogP contribution is 2.21. The summed E-state index contributed by atoms with van der Waals surface area (Å²) >= 11 is 0. The molecule has 11 heteroatoms. The van der Waals surface area contributed by atoms with E-state index in [1.165, 1.54) is 12.1 Å². The van der Waals surface area contributed by atoms with E-state index in [9.17, 15) is 8.42 Å². The molecule has 0 aliphatic carbocycles. The third-order valence-corrected chi connectivity index (χ3v) is 5.81. The molecule has 0 radical (unpaired) electrons. The number of hydrogen-bond donors (Lipinski definition) is 3. The number of imidazole rings is 1. The van der Waals surface area contributed by atoms with Crippen LogP contribution in [0.25, 0.3) is 11.4 Å². The zero-order chi connectivity index (χ0) is 21.6. The quantitative estimate of drug-likeness (QED) is 0.408. The molecule has 3 N–H and O–H groups in total. The minimum Gasteiger partial charge on any atom is -0.394 e. The Hall–Kier alpha value is -2.86. The lowest BCUT2D eigenvalue weighted by atomic mass is 10.3. The normalized spacial score (nSPS) is 11.6. The lowest BCUT2D eigenvalue weighted by molar-refractivity contribution is 0.0961. The topological polar surface area (TPSA) is 131 Å². The van der Waals surface area contributed by atoms with Crippen LogP contribution in [-0.4, -0.2) is 59.4 Å². The van der Waals surface area contributed by atoms with Crippen LogP contribution in [0.1, 0.15) is 5.82 Å². The molecule has 2 aromatic heterocycles. The second-order valence-electron chi connectivity index (χ2n) is 6.40. The Morgan fingerprint density at radius 3 is 2.57 bits per heavy atom. The Morgan fingerprint density at radius 1 is 1.13 bits per heavy atom. The maximum atomic E-state index is 12.3. The number of nitrogens with one attached hydrogen (secondary N) is 2. The highest BCUT2D eigenvalue weighted by atomic mass is 32.2. The maximum Gasteiger partial charge on any atom is 0.240 e. The molecular weight excluding hydrogens is 408 g/mol. The zero-order valence-corrected chi connectivity index (χ0v) is 17.6. The number of aliphatic hydroxyl groups is 1. The van der Waals surface area contributed by atoms with Crippen LogP contribution >= 0.6 is 0 Å². The van der Waals surface area contributed by atoms with Gasteiger partial charge in [0.1, 0.15) is 5.82 Å². The molecule has 0 aliphatic rings. The molecule has 0 spiro atoms. The number of rotatable bonds is 10. The maximum absolute atomic E-state index is 12.3. The second-order valence-corrected chi connectivity index (χ2v) is 8.17. The fraction of sp³-hybridized carbons (Fsp3) is 0.316. The van der Waals surface area contributed by atoms with Gasteiger partial charge in [-0.2, -0.15) is 0 Å². The third kappa shape index (κ3) is 5.39. The first-order chi connectivity index (χ1) is 14.4. The van der Waals surface area contributed by atoms with Crippen molar-refractivity contribution in [3.05, 3.63) is 48.5 Å². The molecule has 0 atom stereocenters. The van der Waals surface area contributed by atoms with Crippen LogP contribution in [0, 0.1) is 6.92 Å². The van der Waals surface area contributed by atoms with Gasteiger partial charge in [-0.1, -0.05) is 0 Å². The van der Waals surface area contributed by atoms with Crippen LogP contribution in [0.2, 0.25) is 0 Å². The summed E-state index contributed by atoms with van der Waals surface area (Å²) in [6.45, 7) is 2.29. The lowest BCUT2D eigenvalue weighted by Gasteiger charge is -2.09. The van der Waals surface area contributed by atoms with E-state index in [-0.39, 0.29) is 31.3 Å². The molecule has 160 valence electrons. The number of nitrogens with zero attached hydrogens (tertiary/aromatic N) is 4. The highest BCUT2D eigenvalue weighted by molar-refractivity contribution is 7.89. The monoisotopic (exact) mass is 432 g/mol. The van der Waals surface area contributed by atoms with Gasteiger partial charge in [0.05, 0.1) is 42.3 Å². The first-order valence-electron chi connectivity index (χ1n) is 9.28. The van der Waals surface area contributed by atoms with Gasteiger partial charge in [0.2, 0.25) is 16.0 Å². The van der Waals surface area contributed by atoms with Gasteiger partial charge in [-0.15, -0.1) is 0 Å². The summed E-state index contributed by atoms with van der Waals surface area (Å²) in [5, 5.41) is 11.7. The molecule has 30 heavy (non-hydrogen) atoms. The fourth-order valence-corrected chi connectivity index (χ4v) is 3.66. The predicted molar refractivity (Wildman–Crippen MR) is 112 cm³/mol. The first kappa shape index (κ1) is 21.8. The van der Waals surface area contributed by atoms with E-state index in [0.29, 0.717) is 11.6 Å². The first-order valence-corrected chi connectivity index (χ1v) is 10.8. The van der Waals surface area contributed by atoms with Crippen molar-refractivity contribution in [2.75, 3.05) is 31.7 Å². The van der Waals surface area contributed by atoms with Gasteiger partial charge in [-0.3, -0.25) is 0 Å². The second kappa shape index (κ2) is 9.76. The third-order valence-electron chi connectivity index (χ3n) is 4.33. The molecule has 0 unspecified atom stereocenters. The number of ether oxygens (including phenoxy) is 1. The van der Waals surface area contributed by atoms with Crippen LogP contribution in [0.5, 0.6) is 0 Å². The van der Waals surface area contributed by atoms with Crippen molar-refractivity contribution in [3.8, 4) is 11.4 Å². The Morgan fingerprint density at radius 2 is 1.90 bits per heavy atom. The molecule has 10 nitrogen and oxygen atoms in total. The molecule has 0 fully saturated rings. The molecule has 2 heterocycles. The number of aromatic nitrogens is 4.